The van der Waals surface area contributed by atoms with Gasteiger partial charge in [0.15, 0.2) is 0 Å². The summed E-state index contributed by atoms with van der Waals surface area (Å²) in [6, 6.07) is 7.20. The summed E-state index contributed by atoms with van der Waals surface area (Å²) in [7, 11) is 0. The van der Waals surface area contributed by atoms with Crippen molar-refractivity contribution in [3.63, 3.8) is 0 Å². The van der Waals surface area contributed by atoms with E-state index in [1.165, 1.54) is 0 Å². The van der Waals surface area contributed by atoms with Crippen LogP contribution in [-0.2, 0) is 6.54 Å². The van der Waals surface area contributed by atoms with Crippen LogP contribution in [-0.4, -0.2) is 23.1 Å². The molecule has 1 aromatic rings. The number of aromatic hydroxyl groups is 1. The molecule has 0 atom stereocenters. The quantitative estimate of drug-likeness (QED) is 0.826. The Balaban J connectivity index is 2.74. The van der Waals surface area contributed by atoms with Crippen molar-refractivity contribution in [2.45, 2.75) is 26.8 Å². The third kappa shape index (κ3) is 3.25. The van der Waals surface area contributed by atoms with Crippen molar-refractivity contribution >= 4 is 0 Å². The Bertz CT molecular complexity index is 382. The van der Waals surface area contributed by atoms with Crippen molar-refractivity contribution in [3.05, 3.63) is 29.3 Å². The lowest BCUT2D eigenvalue weighted by atomic mass is 10.1. The molecule has 3 nitrogen and oxygen atoms in total. The van der Waals surface area contributed by atoms with E-state index in [2.05, 4.69) is 18.7 Å². The molecular weight excluding hydrogens is 200 g/mol. The van der Waals surface area contributed by atoms with Crippen LogP contribution < -0.4 is 0 Å². The second kappa shape index (κ2) is 6.14. The summed E-state index contributed by atoms with van der Waals surface area (Å²) in [5, 5.41) is 18.3. The Morgan fingerprint density at radius 1 is 1.38 bits per heavy atom. The van der Waals surface area contributed by atoms with E-state index in [9.17, 15) is 5.11 Å². The summed E-state index contributed by atoms with van der Waals surface area (Å²) in [6.45, 7) is 7.15. The molecule has 1 N–H and O–H groups in total. The Morgan fingerprint density at radius 2 is 2.12 bits per heavy atom. The summed E-state index contributed by atoms with van der Waals surface area (Å²) in [4.78, 5) is 2.31. The van der Waals surface area contributed by atoms with E-state index < -0.39 is 0 Å². The Morgan fingerprint density at radius 3 is 2.62 bits per heavy atom. The first-order valence-electron chi connectivity index (χ1n) is 5.65. The highest BCUT2D eigenvalue weighted by Gasteiger charge is 2.05. The number of phenols is 1. The lowest BCUT2D eigenvalue weighted by Gasteiger charge is -2.19. The zero-order chi connectivity index (χ0) is 12.0. The summed E-state index contributed by atoms with van der Waals surface area (Å²) >= 11 is 0. The monoisotopic (exact) mass is 218 g/mol. The molecule has 0 heterocycles. The Hall–Kier alpha value is -1.53. The van der Waals surface area contributed by atoms with Gasteiger partial charge in [-0.2, -0.15) is 5.26 Å². The molecule has 0 spiro atoms. The van der Waals surface area contributed by atoms with Gasteiger partial charge in [-0.3, -0.25) is 4.90 Å². The van der Waals surface area contributed by atoms with E-state index >= 15 is 0 Å². The SMILES string of the molecule is CCCN(CC)Cc1ccc(C#N)c(O)c1. The number of nitrogens with zero attached hydrogens (tertiary/aromatic N) is 2. The predicted octanol–water partition coefficient (Wildman–Crippen LogP) is 2.50. The molecule has 1 rings (SSSR count). The molecule has 1 aromatic carbocycles. The minimum Gasteiger partial charge on any atom is -0.507 e. The zero-order valence-corrected chi connectivity index (χ0v) is 9.90. The smallest absolute Gasteiger partial charge is 0.133 e. The summed E-state index contributed by atoms with van der Waals surface area (Å²) < 4.78 is 0. The highest BCUT2D eigenvalue weighted by Crippen LogP contribution is 2.18. The minimum atomic E-state index is 0.0764. The highest BCUT2D eigenvalue weighted by molar-refractivity contribution is 5.44. The van der Waals surface area contributed by atoms with Crippen LogP contribution in [0, 0.1) is 11.3 Å². The average Bonchev–Trinajstić information content (AvgIpc) is 2.28. The van der Waals surface area contributed by atoms with E-state index in [1.807, 2.05) is 12.1 Å². The van der Waals surface area contributed by atoms with Crippen molar-refractivity contribution in [2.24, 2.45) is 0 Å². The zero-order valence-electron chi connectivity index (χ0n) is 9.90. The second-order valence-corrected chi connectivity index (χ2v) is 3.83. The maximum atomic E-state index is 9.57. The second-order valence-electron chi connectivity index (χ2n) is 3.83. The topological polar surface area (TPSA) is 47.3 Å². The number of nitriles is 1. The summed E-state index contributed by atoms with van der Waals surface area (Å²) in [5.74, 6) is 0.0764. The molecule has 0 aliphatic heterocycles. The van der Waals surface area contributed by atoms with Crippen LogP contribution in [0.25, 0.3) is 0 Å². The maximum Gasteiger partial charge on any atom is 0.133 e. The van der Waals surface area contributed by atoms with Gasteiger partial charge in [-0.25, -0.2) is 0 Å². The molecule has 0 fully saturated rings. The van der Waals surface area contributed by atoms with E-state index in [4.69, 9.17) is 5.26 Å². The van der Waals surface area contributed by atoms with Gasteiger partial charge in [-0.15, -0.1) is 0 Å². The minimum absolute atomic E-state index is 0.0764. The van der Waals surface area contributed by atoms with Gasteiger partial charge >= 0.3 is 0 Å². The van der Waals surface area contributed by atoms with Crippen LogP contribution in [0.15, 0.2) is 18.2 Å². The fourth-order valence-electron chi connectivity index (χ4n) is 1.69. The Labute approximate surface area is 96.9 Å². The van der Waals surface area contributed by atoms with Gasteiger partial charge < -0.3 is 5.11 Å². The summed E-state index contributed by atoms with van der Waals surface area (Å²) in [6.07, 6.45) is 1.12. The molecule has 0 aliphatic carbocycles. The molecule has 0 unspecified atom stereocenters. The van der Waals surface area contributed by atoms with Gasteiger partial charge in [0.1, 0.15) is 11.8 Å². The third-order valence-corrected chi connectivity index (χ3v) is 2.58. The molecule has 0 saturated heterocycles. The van der Waals surface area contributed by atoms with Crippen molar-refractivity contribution in [3.8, 4) is 11.8 Å². The van der Waals surface area contributed by atoms with Gasteiger partial charge in [-0.05, 0) is 37.2 Å². The fraction of sp³-hybridized carbons (Fsp3) is 0.462. The number of phenolic OH excluding ortho intramolecular Hbond substituents is 1. The first kappa shape index (κ1) is 12.5. The van der Waals surface area contributed by atoms with Crippen LogP contribution >= 0.6 is 0 Å². The van der Waals surface area contributed by atoms with Crippen LogP contribution in [0.4, 0.5) is 0 Å². The highest BCUT2D eigenvalue weighted by atomic mass is 16.3. The molecule has 3 heteroatoms. The fourth-order valence-corrected chi connectivity index (χ4v) is 1.69. The van der Waals surface area contributed by atoms with Crippen LogP contribution in [0.3, 0.4) is 0 Å². The molecule has 0 aliphatic rings. The van der Waals surface area contributed by atoms with Crippen molar-refractivity contribution in [1.29, 1.82) is 5.26 Å². The molecule has 0 bridgehead atoms. The average molecular weight is 218 g/mol. The molecule has 0 saturated carbocycles. The molecule has 0 radical (unpaired) electrons. The number of hydrogen-bond acceptors (Lipinski definition) is 3. The third-order valence-electron chi connectivity index (χ3n) is 2.58. The van der Waals surface area contributed by atoms with Crippen molar-refractivity contribution in [1.82, 2.24) is 4.90 Å². The lowest BCUT2D eigenvalue weighted by Crippen LogP contribution is -2.23. The maximum absolute atomic E-state index is 9.57. The van der Waals surface area contributed by atoms with Crippen LogP contribution in [0.1, 0.15) is 31.4 Å². The van der Waals surface area contributed by atoms with E-state index in [0.717, 1.165) is 31.6 Å². The number of hydrogen-bond donors (Lipinski definition) is 1. The van der Waals surface area contributed by atoms with Gasteiger partial charge in [0.05, 0.1) is 5.56 Å². The van der Waals surface area contributed by atoms with Crippen molar-refractivity contribution in [2.75, 3.05) is 13.1 Å². The predicted molar refractivity (Wildman–Crippen MR) is 64.1 cm³/mol. The largest absolute Gasteiger partial charge is 0.507 e. The van der Waals surface area contributed by atoms with E-state index in [1.54, 1.807) is 12.1 Å². The Kier molecular flexibility index (Phi) is 4.81. The standard InChI is InChI=1S/C13H18N2O/c1-3-7-15(4-2)10-11-5-6-12(9-14)13(16)8-11/h5-6,8,16H,3-4,7,10H2,1-2H3. The van der Waals surface area contributed by atoms with Gasteiger partial charge in [-0.1, -0.05) is 19.9 Å². The normalized spacial score (nSPS) is 10.4. The van der Waals surface area contributed by atoms with E-state index in [-0.39, 0.29) is 5.75 Å². The first-order chi connectivity index (χ1) is 7.71. The molecule has 86 valence electrons. The van der Waals surface area contributed by atoms with Gasteiger partial charge in [0.25, 0.3) is 0 Å². The lowest BCUT2D eigenvalue weighted by molar-refractivity contribution is 0.280. The summed E-state index contributed by atoms with van der Waals surface area (Å²) in [5.41, 5.74) is 1.38. The molecule has 0 aromatic heterocycles. The van der Waals surface area contributed by atoms with Gasteiger partial charge in [0, 0.05) is 6.54 Å². The molecule has 16 heavy (non-hydrogen) atoms. The molecule has 0 amide bonds. The van der Waals surface area contributed by atoms with Gasteiger partial charge in [0.2, 0.25) is 0 Å². The number of rotatable bonds is 5. The van der Waals surface area contributed by atoms with E-state index in [0.29, 0.717) is 5.56 Å². The number of benzene rings is 1. The van der Waals surface area contributed by atoms with Crippen molar-refractivity contribution < 1.29 is 5.11 Å². The van der Waals surface area contributed by atoms with Crippen LogP contribution in [0.5, 0.6) is 5.75 Å². The first-order valence-corrected chi connectivity index (χ1v) is 5.65. The van der Waals surface area contributed by atoms with Crippen LogP contribution in [0.2, 0.25) is 0 Å². The molecular formula is C13H18N2O.